The Morgan fingerprint density at radius 2 is 2.00 bits per heavy atom. The van der Waals surface area contributed by atoms with E-state index in [1.165, 1.54) is 17.6 Å². The molecule has 1 N–H and O–H groups in total. The van der Waals surface area contributed by atoms with Crippen molar-refractivity contribution >= 4 is 16.8 Å². The molecule has 2 heterocycles. The summed E-state index contributed by atoms with van der Waals surface area (Å²) in [4.78, 5) is 14.8. The molecular formula is C19H29NO4S. The van der Waals surface area contributed by atoms with E-state index < -0.39 is 28.4 Å². The van der Waals surface area contributed by atoms with Crippen LogP contribution in [-0.4, -0.2) is 63.0 Å². The molecule has 5 nitrogen and oxygen atoms in total. The Morgan fingerprint density at radius 1 is 1.28 bits per heavy atom. The number of fused-ring (bicyclic) bond motifs is 3. The van der Waals surface area contributed by atoms with Gasteiger partial charge in [-0.1, -0.05) is 12.5 Å². The zero-order chi connectivity index (χ0) is 17.8. The first-order valence-electron chi connectivity index (χ1n) is 9.54. The summed E-state index contributed by atoms with van der Waals surface area (Å²) in [5.74, 6) is 0.572. The predicted octanol–water partition coefficient (Wildman–Crippen LogP) is 1.62. The van der Waals surface area contributed by atoms with Gasteiger partial charge in [0.25, 0.3) is 0 Å². The maximum atomic E-state index is 12.7. The van der Waals surface area contributed by atoms with Gasteiger partial charge in [0, 0.05) is 41.9 Å². The monoisotopic (exact) mass is 367 g/mol. The highest BCUT2D eigenvalue weighted by Crippen LogP contribution is 2.57. The third kappa shape index (κ3) is 2.81. The fourth-order valence-electron chi connectivity index (χ4n) is 5.45. The van der Waals surface area contributed by atoms with Crippen LogP contribution in [0.5, 0.6) is 0 Å². The van der Waals surface area contributed by atoms with Crippen LogP contribution in [0.1, 0.15) is 46.0 Å². The van der Waals surface area contributed by atoms with E-state index in [9.17, 15) is 14.1 Å². The Labute approximate surface area is 152 Å². The smallest absolute Gasteiger partial charge is 0.314 e. The standard InChI is InChI=1S/C19H29NO4S/c1-13-4-3-5-18(2)6-7-19(22)14(17(21)24-16(19)15(13)18)12-20-8-10-25(23)11-9-20/h14,16,22H,3-12H2,1-2H3/t14?,16-,18+,19?/m0/s1. The Balaban J connectivity index is 1.60. The van der Waals surface area contributed by atoms with Crippen molar-refractivity contribution < 1.29 is 18.8 Å². The lowest BCUT2D eigenvalue weighted by atomic mass is 9.58. The SMILES string of the molecule is CC1=C2[C@@H]3OC(=O)C(CN4CCS(=O)CC4)C3(O)CC[C@@]2(C)CCC1. The summed E-state index contributed by atoms with van der Waals surface area (Å²) < 4.78 is 17.4. The van der Waals surface area contributed by atoms with Crippen molar-refractivity contribution in [1.82, 2.24) is 4.90 Å². The van der Waals surface area contributed by atoms with Gasteiger partial charge in [-0.3, -0.25) is 9.00 Å². The fraction of sp³-hybridized carbons (Fsp3) is 0.842. The summed E-state index contributed by atoms with van der Waals surface area (Å²) in [5, 5.41) is 11.5. The van der Waals surface area contributed by atoms with Crippen molar-refractivity contribution in [1.29, 1.82) is 0 Å². The van der Waals surface area contributed by atoms with E-state index in [4.69, 9.17) is 4.74 Å². The van der Waals surface area contributed by atoms with Gasteiger partial charge in [-0.2, -0.15) is 0 Å². The minimum atomic E-state index is -1.08. The average Bonchev–Trinajstić information content (AvgIpc) is 2.81. The molecule has 0 bridgehead atoms. The molecule has 0 spiro atoms. The van der Waals surface area contributed by atoms with Crippen LogP contribution in [0.15, 0.2) is 11.1 Å². The Bertz CT molecular complexity index is 637. The molecule has 2 aliphatic heterocycles. The number of carbonyl (C=O) groups excluding carboxylic acids is 1. The summed E-state index contributed by atoms with van der Waals surface area (Å²) in [6.45, 7) is 6.39. The van der Waals surface area contributed by atoms with Crippen LogP contribution in [0.4, 0.5) is 0 Å². The van der Waals surface area contributed by atoms with Crippen LogP contribution in [-0.2, 0) is 20.3 Å². The second-order valence-electron chi connectivity index (χ2n) is 8.62. The van der Waals surface area contributed by atoms with Gasteiger partial charge in [-0.05, 0) is 50.0 Å². The van der Waals surface area contributed by atoms with E-state index >= 15 is 0 Å². The molecule has 4 aliphatic rings. The van der Waals surface area contributed by atoms with Crippen molar-refractivity contribution in [3.8, 4) is 0 Å². The Hall–Kier alpha value is -0.720. The van der Waals surface area contributed by atoms with Gasteiger partial charge in [-0.15, -0.1) is 0 Å². The molecule has 2 saturated heterocycles. The summed E-state index contributed by atoms with van der Waals surface area (Å²) >= 11 is 0. The second-order valence-corrected chi connectivity index (χ2v) is 10.3. The lowest BCUT2D eigenvalue weighted by Gasteiger charge is -2.49. The zero-order valence-electron chi connectivity index (χ0n) is 15.3. The lowest BCUT2D eigenvalue weighted by molar-refractivity contribution is -0.144. The average molecular weight is 368 g/mol. The number of rotatable bonds is 2. The van der Waals surface area contributed by atoms with Crippen molar-refractivity contribution in [2.24, 2.45) is 11.3 Å². The Kier molecular flexibility index (Phi) is 4.36. The van der Waals surface area contributed by atoms with Crippen LogP contribution in [0.25, 0.3) is 0 Å². The minimum Gasteiger partial charge on any atom is -0.454 e. The summed E-state index contributed by atoms with van der Waals surface area (Å²) in [6.07, 6.45) is 4.41. The largest absolute Gasteiger partial charge is 0.454 e. The number of aliphatic hydroxyl groups is 1. The van der Waals surface area contributed by atoms with Gasteiger partial charge in [0.2, 0.25) is 0 Å². The zero-order valence-corrected chi connectivity index (χ0v) is 16.1. The normalized spacial score (nSPS) is 42.9. The predicted molar refractivity (Wildman–Crippen MR) is 96.5 cm³/mol. The van der Waals surface area contributed by atoms with E-state index in [1.54, 1.807) is 0 Å². The molecule has 2 aliphatic carbocycles. The highest BCUT2D eigenvalue weighted by atomic mass is 32.2. The minimum absolute atomic E-state index is 0.0659. The molecular weight excluding hydrogens is 338 g/mol. The maximum absolute atomic E-state index is 12.7. The van der Waals surface area contributed by atoms with E-state index in [0.29, 0.717) is 24.5 Å². The topological polar surface area (TPSA) is 66.8 Å². The molecule has 3 fully saturated rings. The van der Waals surface area contributed by atoms with E-state index in [-0.39, 0.29) is 11.4 Å². The van der Waals surface area contributed by atoms with Gasteiger partial charge in [0.1, 0.15) is 11.5 Å². The molecule has 0 amide bonds. The summed E-state index contributed by atoms with van der Waals surface area (Å²) in [6, 6.07) is 0. The van der Waals surface area contributed by atoms with Crippen LogP contribution in [0.3, 0.4) is 0 Å². The molecule has 0 radical (unpaired) electrons. The molecule has 1 saturated carbocycles. The van der Waals surface area contributed by atoms with Crippen LogP contribution in [0.2, 0.25) is 0 Å². The molecule has 4 atom stereocenters. The summed E-state index contributed by atoms with van der Waals surface area (Å²) in [5.41, 5.74) is 1.49. The van der Waals surface area contributed by atoms with Gasteiger partial charge in [0.15, 0.2) is 6.10 Å². The lowest BCUT2D eigenvalue weighted by Crippen LogP contribution is -2.55. The van der Waals surface area contributed by atoms with Crippen molar-refractivity contribution in [2.75, 3.05) is 31.1 Å². The number of esters is 1. The number of allylic oxidation sites excluding steroid dienone is 1. The van der Waals surface area contributed by atoms with Crippen LogP contribution < -0.4 is 0 Å². The number of carbonyl (C=O) groups is 1. The molecule has 25 heavy (non-hydrogen) atoms. The van der Waals surface area contributed by atoms with Gasteiger partial charge in [-0.25, -0.2) is 0 Å². The molecule has 0 aromatic heterocycles. The van der Waals surface area contributed by atoms with E-state index in [2.05, 4.69) is 18.7 Å². The van der Waals surface area contributed by atoms with Gasteiger partial charge in [0.05, 0.1) is 0 Å². The number of hydrogen-bond acceptors (Lipinski definition) is 5. The van der Waals surface area contributed by atoms with E-state index in [0.717, 1.165) is 32.4 Å². The maximum Gasteiger partial charge on any atom is 0.314 e. The van der Waals surface area contributed by atoms with Crippen molar-refractivity contribution in [3.63, 3.8) is 0 Å². The third-order valence-corrected chi connectivity index (χ3v) is 8.29. The van der Waals surface area contributed by atoms with E-state index in [1.807, 2.05) is 0 Å². The Morgan fingerprint density at radius 3 is 2.72 bits per heavy atom. The third-order valence-electron chi connectivity index (χ3n) is 7.02. The fourth-order valence-corrected chi connectivity index (χ4v) is 6.58. The molecule has 140 valence electrons. The second kappa shape index (κ2) is 6.17. The molecule has 4 rings (SSSR count). The molecule has 0 aromatic carbocycles. The van der Waals surface area contributed by atoms with Crippen molar-refractivity contribution in [3.05, 3.63) is 11.1 Å². The quantitative estimate of drug-likeness (QED) is 0.593. The van der Waals surface area contributed by atoms with Gasteiger partial charge < -0.3 is 14.7 Å². The first-order chi connectivity index (χ1) is 11.8. The summed E-state index contributed by atoms with van der Waals surface area (Å²) in [7, 11) is -0.735. The van der Waals surface area contributed by atoms with Crippen LogP contribution in [0, 0.1) is 11.3 Å². The number of ether oxygens (including phenoxy) is 1. The highest BCUT2D eigenvalue weighted by molar-refractivity contribution is 7.85. The molecule has 2 unspecified atom stereocenters. The van der Waals surface area contributed by atoms with Crippen LogP contribution >= 0.6 is 0 Å². The highest BCUT2D eigenvalue weighted by Gasteiger charge is 2.63. The first kappa shape index (κ1) is 17.7. The van der Waals surface area contributed by atoms with Crippen molar-refractivity contribution in [2.45, 2.75) is 57.7 Å². The molecule has 0 aromatic rings. The molecule has 6 heteroatoms. The number of nitrogens with zero attached hydrogens (tertiary/aromatic N) is 1. The van der Waals surface area contributed by atoms with Gasteiger partial charge >= 0.3 is 5.97 Å². The number of hydrogen-bond donors (Lipinski definition) is 1. The first-order valence-corrected chi connectivity index (χ1v) is 11.0.